The zero-order chi connectivity index (χ0) is 11.0. The van der Waals surface area contributed by atoms with Gasteiger partial charge in [0.2, 0.25) is 5.91 Å². The number of nitrogens with zero attached hydrogens (tertiary/aromatic N) is 2. The van der Waals surface area contributed by atoms with Crippen LogP contribution in [0, 0.1) is 6.92 Å². The Kier molecular flexibility index (Phi) is 2.56. The lowest BCUT2D eigenvalue weighted by molar-refractivity contribution is -0.121. The average molecular weight is 269 g/mol. The molecule has 4 nitrogen and oxygen atoms in total. The molecule has 0 bridgehead atoms. The topological polar surface area (TPSA) is 50.3 Å². The number of carbonyl (C=O) groups excluding carboxylic acids is 2. The summed E-state index contributed by atoms with van der Waals surface area (Å²) in [7, 11) is 0. The maximum Gasteiger partial charge on any atom is 0.236 e. The molecule has 5 heteroatoms. The largest absolute Gasteiger partial charge is 0.297 e. The third-order valence-electron chi connectivity index (χ3n) is 2.29. The Morgan fingerprint density at radius 3 is 2.73 bits per heavy atom. The second-order valence-electron chi connectivity index (χ2n) is 3.49. The summed E-state index contributed by atoms with van der Waals surface area (Å²) in [6, 6.07) is 1.79. The minimum absolute atomic E-state index is 0.00318. The highest BCUT2D eigenvalue weighted by Gasteiger charge is 2.29. The standard InChI is InChI=1S/C10H9BrN2O2/c1-6-2-9(12-4-8(6)11)13-5-7(14)3-10(13)15/h2,4H,3,5H2,1H3. The van der Waals surface area contributed by atoms with E-state index in [1.54, 1.807) is 12.3 Å². The number of anilines is 1. The van der Waals surface area contributed by atoms with Gasteiger partial charge in [-0.25, -0.2) is 4.98 Å². The number of Topliss-reactive ketones (excluding diaryl/α,β-unsaturated/α-hetero) is 1. The van der Waals surface area contributed by atoms with Crippen molar-refractivity contribution in [2.75, 3.05) is 11.4 Å². The van der Waals surface area contributed by atoms with Gasteiger partial charge in [-0.15, -0.1) is 0 Å². The Labute approximate surface area is 95.4 Å². The molecule has 1 aromatic rings. The van der Waals surface area contributed by atoms with E-state index >= 15 is 0 Å². The SMILES string of the molecule is Cc1cc(N2CC(=O)CC2=O)ncc1Br. The predicted molar refractivity (Wildman–Crippen MR) is 58.7 cm³/mol. The Balaban J connectivity index is 2.34. The van der Waals surface area contributed by atoms with Gasteiger partial charge in [-0.2, -0.15) is 0 Å². The molecule has 0 spiro atoms. The van der Waals surface area contributed by atoms with Crippen molar-refractivity contribution in [2.24, 2.45) is 0 Å². The van der Waals surface area contributed by atoms with Crippen LogP contribution in [0.1, 0.15) is 12.0 Å². The van der Waals surface area contributed by atoms with Crippen molar-refractivity contribution in [1.29, 1.82) is 0 Å². The first kappa shape index (κ1) is 10.3. The van der Waals surface area contributed by atoms with Gasteiger partial charge in [0.25, 0.3) is 0 Å². The van der Waals surface area contributed by atoms with Crippen LogP contribution in [-0.2, 0) is 9.59 Å². The van der Waals surface area contributed by atoms with E-state index in [1.165, 1.54) is 4.90 Å². The first-order valence-electron chi connectivity index (χ1n) is 4.52. The highest BCUT2D eigenvalue weighted by atomic mass is 79.9. The van der Waals surface area contributed by atoms with Crippen LogP contribution in [-0.4, -0.2) is 23.2 Å². The van der Waals surface area contributed by atoms with E-state index in [-0.39, 0.29) is 24.7 Å². The fraction of sp³-hybridized carbons (Fsp3) is 0.300. The normalized spacial score (nSPS) is 16.3. The molecule has 0 saturated carbocycles. The molecule has 15 heavy (non-hydrogen) atoms. The Bertz CT molecular complexity index is 445. The monoisotopic (exact) mass is 268 g/mol. The van der Waals surface area contributed by atoms with Crippen LogP contribution in [0.25, 0.3) is 0 Å². The Morgan fingerprint density at radius 2 is 2.20 bits per heavy atom. The maximum atomic E-state index is 11.4. The number of ketones is 1. The molecule has 2 heterocycles. The number of rotatable bonds is 1. The van der Waals surface area contributed by atoms with Crippen LogP contribution in [0.5, 0.6) is 0 Å². The minimum atomic E-state index is -0.172. The summed E-state index contributed by atoms with van der Waals surface area (Å²) in [5.41, 5.74) is 0.993. The first-order valence-corrected chi connectivity index (χ1v) is 5.31. The van der Waals surface area contributed by atoms with E-state index in [0.29, 0.717) is 5.82 Å². The number of halogens is 1. The first-order chi connectivity index (χ1) is 7.08. The molecule has 0 unspecified atom stereocenters. The summed E-state index contributed by atoms with van der Waals surface area (Å²) < 4.78 is 0.893. The molecule has 1 aromatic heterocycles. The Hall–Kier alpha value is -1.23. The molecule has 0 radical (unpaired) electrons. The lowest BCUT2D eigenvalue weighted by Crippen LogP contribution is -2.25. The molecule has 78 valence electrons. The summed E-state index contributed by atoms with van der Waals surface area (Å²) >= 11 is 3.33. The average Bonchev–Trinajstić information content (AvgIpc) is 2.50. The summed E-state index contributed by atoms with van der Waals surface area (Å²) in [4.78, 5) is 28.1. The third kappa shape index (κ3) is 1.92. The number of hydrogen-bond acceptors (Lipinski definition) is 3. The molecule has 1 saturated heterocycles. The van der Waals surface area contributed by atoms with Gasteiger partial charge >= 0.3 is 0 Å². The lowest BCUT2D eigenvalue weighted by atomic mass is 10.3. The lowest BCUT2D eigenvalue weighted by Gasteiger charge is -2.14. The van der Waals surface area contributed by atoms with Crippen molar-refractivity contribution in [1.82, 2.24) is 4.98 Å². The van der Waals surface area contributed by atoms with Gasteiger partial charge < -0.3 is 0 Å². The summed E-state index contributed by atoms with van der Waals surface area (Å²) in [5.74, 6) is 0.322. The van der Waals surface area contributed by atoms with Gasteiger partial charge in [0.15, 0.2) is 5.78 Å². The van der Waals surface area contributed by atoms with Crippen LogP contribution >= 0.6 is 15.9 Å². The summed E-state index contributed by atoms with van der Waals surface area (Å²) in [6.07, 6.45) is 1.64. The molecule has 0 atom stereocenters. The predicted octanol–water partition coefficient (Wildman–Crippen LogP) is 1.46. The van der Waals surface area contributed by atoms with Crippen molar-refractivity contribution in [2.45, 2.75) is 13.3 Å². The van der Waals surface area contributed by atoms with Crippen LogP contribution in [0.3, 0.4) is 0 Å². The van der Waals surface area contributed by atoms with E-state index in [2.05, 4.69) is 20.9 Å². The van der Waals surface area contributed by atoms with Gasteiger partial charge in [-0.05, 0) is 34.5 Å². The maximum absolute atomic E-state index is 11.4. The molecule has 1 fully saturated rings. The fourth-order valence-electron chi connectivity index (χ4n) is 1.47. The zero-order valence-electron chi connectivity index (χ0n) is 8.16. The van der Waals surface area contributed by atoms with E-state index in [4.69, 9.17) is 0 Å². The van der Waals surface area contributed by atoms with Gasteiger partial charge in [0.05, 0.1) is 13.0 Å². The molecule has 0 N–H and O–H groups in total. The van der Waals surface area contributed by atoms with E-state index < -0.39 is 0 Å². The second kappa shape index (κ2) is 3.73. The summed E-state index contributed by atoms with van der Waals surface area (Å²) in [5, 5.41) is 0. The van der Waals surface area contributed by atoms with Crippen molar-refractivity contribution in [3.8, 4) is 0 Å². The zero-order valence-corrected chi connectivity index (χ0v) is 9.74. The smallest absolute Gasteiger partial charge is 0.236 e. The number of aryl methyl sites for hydroxylation is 1. The van der Waals surface area contributed by atoms with E-state index in [0.717, 1.165) is 10.0 Å². The molecule has 0 aromatic carbocycles. The molecule has 1 aliphatic rings. The molecular formula is C10H9BrN2O2. The van der Waals surface area contributed by atoms with Crippen LogP contribution in [0.15, 0.2) is 16.7 Å². The highest BCUT2D eigenvalue weighted by molar-refractivity contribution is 9.10. The van der Waals surface area contributed by atoms with Crippen molar-refractivity contribution in [3.05, 3.63) is 22.3 Å². The number of amides is 1. The minimum Gasteiger partial charge on any atom is -0.297 e. The number of aromatic nitrogens is 1. The number of pyridine rings is 1. The van der Waals surface area contributed by atoms with Gasteiger partial charge in [0.1, 0.15) is 5.82 Å². The van der Waals surface area contributed by atoms with E-state index in [1.807, 2.05) is 6.92 Å². The van der Waals surface area contributed by atoms with Crippen LogP contribution in [0.4, 0.5) is 5.82 Å². The van der Waals surface area contributed by atoms with Crippen molar-refractivity contribution < 1.29 is 9.59 Å². The van der Waals surface area contributed by atoms with Crippen molar-refractivity contribution in [3.63, 3.8) is 0 Å². The molecule has 2 rings (SSSR count). The van der Waals surface area contributed by atoms with Gasteiger partial charge in [-0.3, -0.25) is 14.5 Å². The fourth-order valence-corrected chi connectivity index (χ4v) is 1.68. The van der Waals surface area contributed by atoms with Crippen LogP contribution < -0.4 is 4.90 Å². The van der Waals surface area contributed by atoms with E-state index in [9.17, 15) is 9.59 Å². The highest BCUT2D eigenvalue weighted by Crippen LogP contribution is 2.22. The summed E-state index contributed by atoms with van der Waals surface area (Å²) in [6.45, 7) is 2.06. The molecular weight excluding hydrogens is 260 g/mol. The number of carbonyl (C=O) groups is 2. The van der Waals surface area contributed by atoms with Crippen molar-refractivity contribution >= 4 is 33.4 Å². The number of hydrogen-bond donors (Lipinski definition) is 0. The third-order valence-corrected chi connectivity index (χ3v) is 3.12. The quantitative estimate of drug-likeness (QED) is 0.725. The van der Waals surface area contributed by atoms with Gasteiger partial charge in [-0.1, -0.05) is 0 Å². The van der Waals surface area contributed by atoms with Gasteiger partial charge in [0, 0.05) is 10.7 Å². The molecule has 1 aliphatic heterocycles. The molecule has 1 amide bonds. The van der Waals surface area contributed by atoms with Crippen LogP contribution in [0.2, 0.25) is 0 Å². The second-order valence-corrected chi connectivity index (χ2v) is 4.34. The molecule has 0 aliphatic carbocycles. The Morgan fingerprint density at radius 1 is 1.47 bits per heavy atom.